The smallest absolute Gasteiger partial charge is 0.273 e. The minimum Gasteiger partial charge on any atom is -0.337 e. The van der Waals surface area contributed by atoms with Crippen molar-refractivity contribution in [1.82, 2.24) is 14.8 Å². The first-order chi connectivity index (χ1) is 13.6. The topological polar surface area (TPSA) is 53.5 Å². The quantitative estimate of drug-likeness (QED) is 0.746. The average Bonchev–Trinajstić information content (AvgIpc) is 3.37. The van der Waals surface area contributed by atoms with Crippen LogP contribution >= 0.6 is 11.3 Å². The summed E-state index contributed by atoms with van der Waals surface area (Å²) in [6.45, 7) is 3.21. The summed E-state index contributed by atoms with van der Waals surface area (Å²) in [7, 11) is 0. The first-order valence-corrected chi connectivity index (χ1v) is 10.7. The van der Waals surface area contributed by atoms with Gasteiger partial charge in [0, 0.05) is 24.9 Å². The Morgan fingerprint density at radius 3 is 2.89 bits per heavy atom. The molecule has 1 aromatic heterocycles. The second-order valence-electron chi connectivity index (χ2n) is 7.43. The average molecular weight is 402 g/mol. The van der Waals surface area contributed by atoms with Crippen LogP contribution in [0.15, 0.2) is 29.6 Å². The molecule has 0 N–H and O–H groups in total. The minimum atomic E-state index is -0.236. The summed E-state index contributed by atoms with van der Waals surface area (Å²) in [5.41, 5.74) is 1.11. The molecule has 2 aliphatic rings. The van der Waals surface area contributed by atoms with E-state index < -0.39 is 0 Å². The Morgan fingerprint density at radius 2 is 2.11 bits per heavy atom. The van der Waals surface area contributed by atoms with Crippen LogP contribution in [0.25, 0.3) is 0 Å². The molecule has 2 fully saturated rings. The van der Waals surface area contributed by atoms with Gasteiger partial charge in [-0.25, -0.2) is 9.37 Å². The number of aromatic nitrogens is 1. The first kappa shape index (κ1) is 19.1. The maximum Gasteiger partial charge on any atom is 0.273 e. The molecule has 2 atom stereocenters. The highest BCUT2D eigenvalue weighted by Gasteiger charge is 2.48. The molecule has 2 saturated heterocycles. The van der Waals surface area contributed by atoms with Gasteiger partial charge < -0.3 is 9.80 Å². The number of hydrogen-bond acceptors (Lipinski definition) is 4. The van der Waals surface area contributed by atoms with Gasteiger partial charge in [-0.05, 0) is 37.3 Å². The molecule has 28 heavy (non-hydrogen) atoms. The van der Waals surface area contributed by atoms with Gasteiger partial charge >= 0.3 is 0 Å². The van der Waals surface area contributed by atoms with E-state index in [2.05, 4.69) is 11.9 Å². The van der Waals surface area contributed by atoms with Gasteiger partial charge in [-0.15, -0.1) is 11.3 Å². The first-order valence-electron chi connectivity index (χ1n) is 9.86. The predicted molar refractivity (Wildman–Crippen MR) is 106 cm³/mol. The third-order valence-electron chi connectivity index (χ3n) is 5.69. The molecule has 2 aliphatic heterocycles. The number of carbonyl (C=O) groups is 2. The third-order valence-corrected chi connectivity index (χ3v) is 6.60. The number of likely N-dealkylation sites (tertiary alicyclic amines) is 2. The molecule has 2 aromatic rings. The van der Waals surface area contributed by atoms with Crippen molar-refractivity contribution in [3.05, 3.63) is 51.7 Å². The van der Waals surface area contributed by atoms with Crippen LogP contribution in [-0.4, -0.2) is 51.8 Å². The molecule has 4 rings (SSSR count). The number of hydrogen-bond donors (Lipinski definition) is 0. The van der Waals surface area contributed by atoms with Gasteiger partial charge in [-0.2, -0.15) is 0 Å². The zero-order valence-corrected chi connectivity index (χ0v) is 16.8. The summed E-state index contributed by atoms with van der Waals surface area (Å²) in [5.74, 6) is -0.260. The molecule has 0 aliphatic carbocycles. The summed E-state index contributed by atoms with van der Waals surface area (Å²) in [5, 5.41) is 2.81. The van der Waals surface area contributed by atoms with Crippen LogP contribution in [0, 0.1) is 5.82 Å². The lowest BCUT2D eigenvalue weighted by molar-refractivity contribution is -0.129. The molecule has 0 saturated carbocycles. The van der Waals surface area contributed by atoms with Crippen LogP contribution in [0.5, 0.6) is 0 Å². The Labute approximate surface area is 168 Å². The van der Waals surface area contributed by atoms with Crippen LogP contribution in [0.3, 0.4) is 0 Å². The fourth-order valence-electron chi connectivity index (χ4n) is 4.30. The van der Waals surface area contributed by atoms with Gasteiger partial charge in [0.1, 0.15) is 11.5 Å². The number of fused-ring (bicyclic) bond motifs is 1. The second-order valence-corrected chi connectivity index (χ2v) is 8.37. The normalized spacial score (nSPS) is 21.4. The highest BCUT2D eigenvalue weighted by Crippen LogP contribution is 2.33. The molecule has 148 valence electrons. The van der Waals surface area contributed by atoms with Crippen LogP contribution < -0.4 is 0 Å². The summed E-state index contributed by atoms with van der Waals surface area (Å²) in [6, 6.07) is 6.60. The van der Waals surface area contributed by atoms with E-state index in [0.717, 1.165) is 24.3 Å². The molecule has 5 nitrogen and oxygen atoms in total. The van der Waals surface area contributed by atoms with E-state index >= 15 is 0 Å². The zero-order valence-electron chi connectivity index (χ0n) is 15.9. The number of rotatable bonds is 6. The van der Waals surface area contributed by atoms with Crippen LogP contribution in [0.2, 0.25) is 0 Å². The summed E-state index contributed by atoms with van der Waals surface area (Å²) in [6.07, 6.45) is 3.49. The number of carbonyl (C=O) groups excluding carboxylic acids is 2. The summed E-state index contributed by atoms with van der Waals surface area (Å²) in [4.78, 5) is 33.6. The standard InChI is InChI=1S/C21H24FN3O2S/c1-2-5-19-23-16(13-28-19)21(27)25-11-9-17-18(25)12-20(26)24(17)10-8-14-6-3-4-7-15(14)22/h3-4,6-7,13,17-18H,2,5,8-12H2,1H3/t17-,18-/m0/s1. The van der Waals surface area contributed by atoms with Gasteiger partial charge in [0.05, 0.1) is 17.1 Å². The van der Waals surface area contributed by atoms with E-state index in [1.807, 2.05) is 21.2 Å². The zero-order chi connectivity index (χ0) is 19.7. The number of halogens is 1. The van der Waals surface area contributed by atoms with E-state index in [1.54, 1.807) is 12.1 Å². The number of benzene rings is 1. The summed E-state index contributed by atoms with van der Waals surface area (Å²) >= 11 is 1.52. The number of amides is 2. The van der Waals surface area contributed by atoms with Crippen molar-refractivity contribution in [2.45, 2.75) is 51.1 Å². The minimum absolute atomic E-state index is 0.0250. The maximum absolute atomic E-state index is 13.9. The van der Waals surface area contributed by atoms with Crippen molar-refractivity contribution in [1.29, 1.82) is 0 Å². The molecule has 7 heteroatoms. The Hall–Kier alpha value is -2.28. The van der Waals surface area contributed by atoms with Gasteiger partial charge in [0.25, 0.3) is 5.91 Å². The maximum atomic E-state index is 13.9. The van der Waals surface area contributed by atoms with Gasteiger partial charge in [-0.3, -0.25) is 9.59 Å². The largest absolute Gasteiger partial charge is 0.337 e. The van der Waals surface area contributed by atoms with Crippen molar-refractivity contribution >= 4 is 23.2 Å². The van der Waals surface area contributed by atoms with Gasteiger partial charge in [0.2, 0.25) is 5.91 Å². The van der Waals surface area contributed by atoms with Gasteiger partial charge in [0.15, 0.2) is 0 Å². The van der Waals surface area contributed by atoms with E-state index in [4.69, 9.17) is 0 Å². The third kappa shape index (κ3) is 3.55. The van der Waals surface area contributed by atoms with Crippen molar-refractivity contribution in [2.24, 2.45) is 0 Å². The molecular formula is C21H24FN3O2S. The Bertz CT molecular complexity index is 884. The Morgan fingerprint density at radius 1 is 1.29 bits per heavy atom. The number of thiazole rings is 1. The number of aryl methyl sites for hydroxylation is 1. The van der Waals surface area contributed by atoms with Crippen molar-refractivity contribution < 1.29 is 14.0 Å². The molecule has 3 heterocycles. The second kappa shape index (κ2) is 7.99. The predicted octanol–water partition coefficient (Wildman–Crippen LogP) is 3.29. The van der Waals surface area contributed by atoms with Crippen LogP contribution in [0.4, 0.5) is 4.39 Å². The van der Waals surface area contributed by atoms with E-state index in [-0.39, 0.29) is 29.7 Å². The molecule has 0 unspecified atom stereocenters. The van der Waals surface area contributed by atoms with Gasteiger partial charge in [-0.1, -0.05) is 25.1 Å². The molecular weight excluding hydrogens is 377 g/mol. The lowest BCUT2D eigenvalue weighted by Gasteiger charge is -2.25. The van der Waals surface area contributed by atoms with Crippen molar-refractivity contribution in [2.75, 3.05) is 13.1 Å². The molecule has 2 amide bonds. The fraction of sp³-hybridized carbons (Fsp3) is 0.476. The molecule has 0 bridgehead atoms. The SMILES string of the molecule is CCCc1nc(C(=O)N2CC[C@H]3[C@@H]2CC(=O)N3CCc2ccccc2F)cs1. The van der Waals surface area contributed by atoms with Crippen LogP contribution in [0.1, 0.15) is 47.2 Å². The van der Waals surface area contributed by atoms with E-state index in [1.165, 1.54) is 17.4 Å². The molecule has 0 spiro atoms. The van der Waals surface area contributed by atoms with E-state index in [9.17, 15) is 14.0 Å². The van der Waals surface area contributed by atoms with E-state index in [0.29, 0.717) is 37.2 Å². The summed E-state index contributed by atoms with van der Waals surface area (Å²) < 4.78 is 13.9. The Balaban J connectivity index is 1.43. The monoisotopic (exact) mass is 401 g/mol. The molecule has 0 radical (unpaired) electrons. The highest BCUT2D eigenvalue weighted by molar-refractivity contribution is 7.09. The van der Waals surface area contributed by atoms with Crippen molar-refractivity contribution in [3.8, 4) is 0 Å². The highest BCUT2D eigenvalue weighted by atomic mass is 32.1. The Kier molecular flexibility index (Phi) is 5.44. The lowest BCUT2D eigenvalue weighted by atomic mass is 10.1. The number of nitrogens with zero attached hydrogens (tertiary/aromatic N) is 3. The molecule has 1 aromatic carbocycles. The van der Waals surface area contributed by atoms with Crippen LogP contribution in [-0.2, 0) is 17.6 Å². The fourth-order valence-corrected chi connectivity index (χ4v) is 5.17. The lowest BCUT2D eigenvalue weighted by Crippen LogP contribution is -2.40. The van der Waals surface area contributed by atoms with Crippen molar-refractivity contribution in [3.63, 3.8) is 0 Å².